The molecule has 6 heteroatoms. The van der Waals surface area contributed by atoms with Gasteiger partial charge < -0.3 is 14.2 Å². The summed E-state index contributed by atoms with van der Waals surface area (Å²) < 4.78 is 10.9. The van der Waals surface area contributed by atoms with E-state index in [1.165, 1.54) is 0 Å². The minimum absolute atomic E-state index is 0.0713. The average Bonchev–Trinajstić information content (AvgIpc) is 3.27. The number of aryl methyl sites for hydroxylation is 2. The van der Waals surface area contributed by atoms with Crippen LogP contribution >= 0.6 is 0 Å². The molecule has 1 saturated heterocycles. The second-order valence-electron chi connectivity index (χ2n) is 6.91. The number of amides is 1. The van der Waals surface area contributed by atoms with Gasteiger partial charge >= 0.3 is 0 Å². The predicted molar refractivity (Wildman–Crippen MR) is 102 cm³/mol. The summed E-state index contributed by atoms with van der Waals surface area (Å²) in [4.78, 5) is 18.9. The number of ether oxygens (including phenoxy) is 1. The van der Waals surface area contributed by atoms with Crippen molar-refractivity contribution in [2.75, 3.05) is 18.6 Å². The Hall–Kier alpha value is -3.15. The number of methoxy groups -OCH3 is 1. The zero-order chi connectivity index (χ0) is 19.0. The van der Waals surface area contributed by atoms with Crippen LogP contribution in [0.1, 0.15) is 29.4 Å². The summed E-state index contributed by atoms with van der Waals surface area (Å²) in [7, 11) is 1.61. The van der Waals surface area contributed by atoms with Crippen LogP contribution in [0.5, 0.6) is 5.75 Å². The van der Waals surface area contributed by atoms with Crippen LogP contribution in [-0.2, 0) is 4.79 Å². The topological polar surface area (TPSA) is 68.5 Å². The third-order valence-electron chi connectivity index (χ3n) is 4.78. The number of rotatable bonds is 4. The van der Waals surface area contributed by atoms with Gasteiger partial charge in [0.15, 0.2) is 0 Å². The lowest BCUT2D eigenvalue weighted by Crippen LogP contribution is -2.24. The monoisotopic (exact) mass is 363 g/mol. The summed E-state index contributed by atoms with van der Waals surface area (Å²) in [5.74, 6) is 1.59. The molecule has 0 N–H and O–H groups in total. The highest BCUT2D eigenvalue weighted by molar-refractivity contribution is 5.96. The van der Waals surface area contributed by atoms with Crippen LogP contribution in [0.15, 0.2) is 47.0 Å². The number of carbonyl (C=O) groups excluding carboxylic acids is 1. The van der Waals surface area contributed by atoms with Crippen LogP contribution in [0.2, 0.25) is 0 Å². The van der Waals surface area contributed by atoms with Crippen LogP contribution in [0.25, 0.3) is 11.4 Å². The van der Waals surface area contributed by atoms with Crippen LogP contribution in [0.3, 0.4) is 0 Å². The van der Waals surface area contributed by atoms with Crippen molar-refractivity contribution in [3.63, 3.8) is 0 Å². The van der Waals surface area contributed by atoms with Crippen molar-refractivity contribution >= 4 is 11.6 Å². The minimum atomic E-state index is -0.116. The standard InChI is InChI=1S/C21H21N3O3/c1-13-8-14(2)10-16(9-13)24-12-15(11-19(24)25)21-22-20(23-27-21)17-6-4-5-7-18(17)26-3/h4-10,15H,11-12H2,1-3H3. The van der Waals surface area contributed by atoms with Gasteiger partial charge in [0.2, 0.25) is 17.6 Å². The van der Waals surface area contributed by atoms with Crippen molar-refractivity contribution in [2.45, 2.75) is 26.2 Å². The van der Waals surface area contributed by atoms with Gasteiger partial charge in [-0.3, -0.25) is 4.79 Å². The number of nitrogens with zero attached hydrogens (tertiary/aromatic N) is 3. The number of hydrogen-bond acceptors (Lipinski definition) is 5. The Balaban J connectivity index is 1.59. The van der Waals surface area contributed by atoms with E-state index in [4.69, 9.17) is 9.26 Å². The molecule has 3 aromatic rings. The highest BCUT2D eigenvalue weighted by Crippen LogP contribution is 2.34. The first-order valence-electron chi connectivity index (χ1n) is 8.91. The summed E-state index contributed by atoms with van der Waals surface area (Å²) in [5.41, 5.74) is 3.96. The molecule has 6 nitrogen and oxygen atoms in total. The van der Waals surface area contributed by atoms with Gasteiger partial charge in [-0.1, -0.05) is 23.4 Å². The van der Waals surface area contributed by atoms with E-state index in [9.17, 15) is 4.79 Å². The molecular weight excluding hydrogens is 342 g/mol. The second-order valence-corrected chi connectivity index (χ2v) is 6.91. The van der Waals surface area contributed by atoms with Crippen molar-refractivity contribution in [3.8, 4) is 17.1 Å². The molecule has 1 amide bonds. The van der Waals surface area contributed by atoms with Crippen LogP contribution in [0.4, 0.5) is 5.69 Å². The smallest absolute Gasteiger partial charge is 0.232 e. The SMILES string of the molecule is COc1ccccc1-c1noc(C2CC(=O)N(c3cc(C)cc(C)c3)C2)n1. The predicted octanol–water partition coefficient (Wildman–Crippen LogP) is 3.88. The first-order chi connectivity index (χ1) is 13.0. The normalized spacial score (nSPS) is 16.8. The molecular formula is C21H21N3O3. The van der Waals surface area contributed by atoms with Gasteiger partial charge in [-0.25, -0.2) is 0 Å². The third-order valence-corrected chi connectivity index (χ3v) is 4.78. The fourth-order valence-corrected chi connectivity index (χ4v) is 3.57. The zero-order valence-electron chi connectivity index (χ0n) is 15.6. The van der Waals surface area contributed by atoms with Crippen LogP contribution in [0, 0.1) is 13.8 Å². The molecule has 0 spiro atoms. The maximum absolute atomic E-state index is 12.6. The molecule has 0 radical (unpaired) electrons. The molecule has 0 bridgehead atoms. The highest BCUT2D eigenvalue weighted by Gasteiger charge is 2.35. The Labute approximate surface area is 157 Å². The van der Waals surface area contributed by atoms with E-state index in [0.717, 1.165) is 22.4 Å². The molecule has 0 aliphatic carbocycles. The van der Waals surface area contributed by atoms with Crippen molar-refractivity contribution in [1.82, 2.24) is 10.1 Å². The molecule has 4 rings (SSSR count). The van der Waals surface area contributed by atoms with E-state index in [0.29, 0.717) is 30.4 Å². The van der Waals surface area contributed by atoms with E-state index in [1.807, 2.05) is 50.2 Å². The lowest BCUT2D eigenvalue weighted by atomic mass is 10.1. The van der Waals surface area contributed by atoms with E-state index in [1.54, 1.807) is 12.0 Å². The summed E-state index contributed by atoms with van der Waals surface area (Å²) in [6.45, 7) is 4.60. The number of anilines is 1. The quantitative estimate of drug-likeness (QED) is 0.703. The molecule has 138 valence electrons. The molecule has 1 aliphatic rings. The van der Waals surface area contributed by atoms with E-state index in [-0.39, 0.29) is 11.8 Å². The van der Waals surface area contributed by atoms with Gasteiger partial charge in [-0.15, -0.1) is 0 Å². The first kappa shape index (κ1) is 17.3. The van der Waals surface area contributed by atoms with Crippen molar-refractivity contribution in [2.24, 2.45) is 0 Å². The van der Waals surface area contributed by atoms with E-state index in [2.05, 4.69) is 16.2 Å². The van der Waals surface area contributed by atoms with Crippen LogP contribution in [-0.4, -0.2) is 29.7 Å². The van der Waals surface area contributed by atoms with Gasteiger partial charge in [-0.05, 0) is 49.2 Å². The molecule has 1 unspecified atom stereocenters. The van der Waals surface area contributed by atoms with Crippen molar-refractivity contribution in [3.05, 3.63) is 59.5 Å². The Morgan fingerprint density at radius 2 is 1.89 bits per heavy atom. The van der Waals surface area contributed by atoms with Crippen molar-refractivity contribution in [1.29, 1.82) is 0 Å². The van der Waals surface area contributed by atoms with E-state index >= 15 is 0 Å². The lowest BCUT2D eigenvalue weighted by Gasteiger charge is -2.17. The maximum Gasteiger partial charge on any atom is 0.232 e. The molecule has 1 aromatic heterocycles. The fourth-order valence-electron chi connectivity index (χ4n) is 3.57. The summed E-state index contributed by atoms with van der Waals surface area (Å²) in [6, 6.07) is 13.7. The molecule has 27 heavy (non-hydrogen) atoms. The molecule has 1 atom stereocenters. The second kappa shape index (κ2) is 6.87. The number of aromatic nitrogens is 2. The Morgan fingerprint density at radius 1 is 1.15 bits per heavy atom. The van der Waals surface area contributed by atoms with Gasteiger partial charge in [-0.2, -0.15) is 4.98 Å². The minimum Gasteiger partial charge on any atom is -0.496 e. The first-order valence-corrected chi connectivity index (χ1v) is 8.91. The number of benzene rings is 2. The van der Waals surface area contributed by atoms with Gasteiger partial charge in [0.05, 0.1) is 18.6 Å². The number of para-hydroxylation sites is 1. The Bertz CT molecular complexity index is 976. The summed E-state index contributed by atoms with van der Waals surface area (Å²) in [6.07, 6.45) is 0.362. The zero-order valence-corrected chi connectivity index (χ0v) is 15.6. The largest absolute Gasteiger partial charge is 0.496 e. The van der Waals surface area contributed by atoms with Gasteiger partial charge in [0.25, 0.3) is 0 Å². The average molecular weight is 363 g/mol. The summed E-state index contributed by atoms with van der Waals surface area (Å²) >= 11 is 0. The van der Waals surface area contributed by atoms with Gasteiger partial charge in [0, 0.05) is 18.7 Å². The third kappa shape index (κ3) is 3.30. The lowest BCUT2D eigenvalue weighted by molar-refractivity contribution is -0.117. The molecule has 1 fully saturated rings. The summed E-state index contributed by atoms with van der Waals surface area (Å²) in [5, 5.41) is 4.09. The molecule has 2 aromatic carbocycles. The van der Waals surface area contributed by atoms with Crippen LogP contribution < -0.4 is 9.64 Å². The van der Waals surface area contributed by atoms with Gasteiger partial charge in [0.1, 0.15) is 5.75 Å². The molecule has 2 heterocycles. The number of hydrogen-bond donors (Lipinski definition) is 0. The highest BCUT2D eigenvalue weighted by atomic mass is 16.5. The fraction of sp³-hybridized carbons (Fsp3) is 0.286. The molecule has 0 saturated carbocycles. The maximum atomic E-state index is 12.6. The van der Waals surface area contributed by atoms with E-state index < -0.39 is 0 Å². The number of carbonyl (C=O) groups is 1. The van der Waals surface area contributed by atoms with Crippen molar-refractivity contribution < 1.29 is 14.1 Å². The Kier molecular flexibility index (Phi) is 4.39. The molecule has 1 aliphatic heterocycles. The Morgan fingerprint density at radius 3 is 2.63 bits per heavy atom.